The smallest absolute Gasteiger partial charge is 0.279 e. The predicted molar refractivity (Wildman–Crippen MR) is 183 cm³/mol. The van der Waals surface area contributed by atoms with Crippen molar-refractivity contribution in [1.82, 2.24) is 14.7 Å². The third-order valence-corrected chi connectivity index (χ3v) is 13.0. The zero-order chi connectivity index (χ0) is 34.8. The van der Waals surface area contributed by atoms with Gasteiger partial charge in [-0.3, -0.25) is 29.6 Å². The molecule has 2 amide bonds. The molecular weight excluding hydrogens is 649 g/mol. The number of non-ortho nitro benzene ring substituents is 1. The molecule has 5 atom stereocenters. The molecule has 12 nitrogen and oxygen atoms in total. The number of amides is 2. The number of benzene rings is 3. The molecular formula is C35H38FN5O7Si. The van der Waals surface area contributed by atoms with Crippen LogP contribution >= 0.6 is 0 Å². The van der Waals surface area contributed by atoms with Crippen LogP contribution in [0.5, 0.6) is 0 Å². The second kappa shape index (κ2) is 12.0. The molecule has 4 aromatic rings. The van der Waals surface area contributed by atoms with Crippen LogP contribution in [0.25, 0.3) is 16.6 Å². The average Bonchev–Trinajstić information content (AvgIpc) is 3.81. The predicted octanol–water partition coefficient (Wildman–Crippen LogP) is 4.92. The zero-order valence-electron chi connectivity index (χ0n) is 27.5. The number of fused-ring (bicyclic) bond motifs is 3. The fraction of sp³-hybridized carbons (Fsp3) is 0.400. The maximum Gasteiger partial charge on any atom is 0.279 e. The van der Waals surface area contributed by atoms with Crippen LogP contribution in [0.4, 0.5) is 15.5 Å². The van der Waals surface area contributed by atoms with E-state index in [1.165, 1.54) is 40.9 Å². The van der Waals surface area contributed by atoms with Crippen LogP contribution in [-0.4, -0.2) is 70.2 Å². The highest BCUT2D eigenvalue weighted by molar-refractivity contribution is 6.72. The molecule has 0 saturated carbocycles. The molecule has 2 fully saturated rings. The number of hydrogen-bond donors (Lipinski definition) is 2. The van der Waals surface area contributed by atoms with Gasteiger partial charge in [0.15, 0.2) is 5.60 Å². The summed E-state index contributed by atoms with van der Waals surface area (Å²) in [6.07, 6.45) is 0.284. The van der Waals surface area contributed by atoms with E-state index in [0.29, 0.717) is 40.8 Å². The number of anilines is 1. The lowest BCUT2D eigenvalue weighted by atomic mass is 9.82. The van der Waals surface area contributed by atoms with Gasteiger partial charge in [-0.15, -0.1) is 0 Å². The number of aromatic nitrogens is 2. The number of rotatable bonds is 8. The van der Waals surface area contributed by atoms with Gasteiger partial charge in [0.05, 0.1) is 58.9 Å². The first-order chi connectivity index (χ1) is 23.3. The number of nitro groups is 1. The molecule has 1 aromatic heterocycles. The maximum absolute atomic E-state index is 16.3. The molecule has 256 valence electrons. The summed E-state index contributed by atoms with van der Waals surface area (Å²) in [7, 11) is -3.61. The van der Waals surface area contributed by atoms with Crippen LogP contribution in [0, 0.1) is 16.0 Å². The summed E-state index contributed by atoms with van der Waals surface area (Å²) in [5.74, 6) is -1.52. The number of nitrogens with zero attached hydrogens (tertiary/aromatic N) is 4. The fourth-order valence-electron chi connectivity index (χ4n) is 8.37. The highest BCUT2D eigenvalue weighted by atomic mass is 28.4. The average molecular weight is 688 g/mol. The Labute approximate surface area is 282 Å². The minimum atomic E-state index is -3.61. The van der Waals surface area contributed by atoms with Crippen LogP contribution < -0.4 is 10.5 Å². The molecule has 7 rings (SSSR count). The second-order valence-corrected chi connectivity index (χ2v) is 17.7. The van der Waals surface area contributed by atoms with Crippen LogP contribution in [0.1, 0.15) is 37.3 Å². The van der Waals surface area contributed by atoms with Crippen molar-refractivity contribution >= 4 is 42.5 Å². The normalized spacial score (nSPS) is 25.1. The molecule has 0 bridgehead atoms. The highest BCUT2D eigenvalue weighted by Crippen LogP contribution is 2.60. The van der Waals surface area contributed by atoms with Crippen molar-refractivity contribution in [2.75, 3.05) is 18.1 Å². The number of nitrogens with one attached hydrogen (secondary N) is 1. The fourth-order valence-corrected chi connectivity index (χ4v) is 10.9. The molecule has 2 saturated heterocycles. The van der Waals surface area contributed by atoms with Gasteiger partial charge in [0.2, 0.25) is 14.3 Å². The number of aliphatic hydroxyl groups excluding tert-OH is 1. The molecule has 0 aliphatic carbocycles. The van der Waals surface area contributed by atoms with Gasteiger partial charge >= 0.3 is 0 Å². The van der Waals surface area contributed by atoms with E-state index in [4.69, 9.17) is 4.74 Å². The van der Waals surface area contributed by atoms with E-state index in [0.717, 1.165) is 6.42 Å². The number of para-hydroxylation sites is 1. The minimum absolute atomic E-state index is 0.0426. The number of likely N-dealkylation sites (tertiary alicyclic amines) is 1. The monoisotopic (exact) mass is 687 g/mol. The summed E-state index contributed by atoms with van der Waals surface area (Å²) in [6.45, 7) is 5.14. The van der Waals surface area contributed by atoms with E-state index in [1.54, 1.807) is 42.2 Å². The number of halogens is 1. The van der Waals surface area contributed by atoms with E-state index >= 15 is 4.11 Å². The van der Waals surface area contributed by atoms with Crippen molar-refractivity contribution in [3.8, 4) is 5.69 Å². The van der Waals surface area contributed by atoms with E-state index in [9.17, 15) is 29.6 Å². The topological polar surface area (TPSA) is 151 Å². The number of nitro benzene ring substituents is 1. The zero-order valence-corrected chi connectivity index (χ0v) is 28.5. The molecule has 49 heavy (non-hydrogen) atoms. The van der Waals surface area contributed by atoms with Crippen molar-refractivity contribution < 1.29 is 28.5 Å². The summed E-state index contributed by atoms with van der Waals surface area (Å²) in [5.41, 5.74) is -0.416. The third kappa shape index (κ3) is 5.29. The van der Waals surface area contributed by atoms with Gasteiger partial charge in [-0.25, -0.2) is 4.68 Å². The Morgan fingerprint density at radius 1 is 1.14 bits per heavy atom. The summed E-state index contributed by atoms with van der Waals surface area (Å²) >= 11 is 0. The van der Waals surface area contributed by atoms with Crippen LogP contribution in [0.15, 0.2) is 71.5 Å². The quantitative estimate of drug-likeness (QED) is 0.116. The first kappa shape index (κ1) is 32.9. The molecule has 3 aliphatic rings. The Kier molecular flexibility index (Phi) is 8.07. The van der Waals surface area contributed by atoms with Gasteiger partial charge in [-0.2, -0.15) is 0 Å². The molecule has 0 radical (unpaired) electrons. The number of aliphatic hydroxyl groups is 1. The van der Waals surface area contributed by atoms with Crippen molar-refractivity contribution in [1.29, 1.82) is 0 Å². The Morgan fingerprint density at radius 2 is 1.92 bits per heavy atom. The SMILES string of the molecule is C[C@@H]1[C@@H]([Si](C)(C)F)[C@H](CC(=O)N2CCC[C@H]2CO)O[C@@]12C(=O)N(Cc1cccc(-n3[nH]c4ccccc4c3=O)c1)c1ccc([N+](=O)[O-])cc12. The van der Waals surface area contributed by atoms with Crippen molar-refractivity contribution in [3.63, 3.8) is 0 Å². The highest BCUT2D eigenvalue weighted by Gasteiger charge is 2.67. The third-order valence-electron chi connectivity index (χ3n) is 10.5. The standard InChI is InChI=1S/C35H38FN5O7Si/c1-21-32(49(2,3)36)30(18-31(43)38-15-7-10-25(38)20-42)48-35(21)27-17-24(41(46)47)13-14-29(27)39(34(35)45)19-22-8-6-9-23(16-22)40-33(44)26-11-4-5-12-28(26)37-40/h4-6,8-9,11-14,16-17,21,25,30,32,37,42H,7,10,15,18-20H2,1-3H3/t21-,25+,30+,32-,35+/m1/s1. The van der Waals surface area contributed by atoms with E-state index in [-0.39, 0.29) is 48.3 Å². The van der Waals surface area contributed by atoms with Gasteiger partial charge in [-0.05, 0) is 61.8 Å². The van der Waals surface area contributed by atoms with Crippen molar-refractivity contribution in [2.45, 2.75) is 69.1 Å². The Balaban J connectivity index is 1.27. The molecule has 14 heteroatoms. The number of hydrogen-bond acceptors (Lipinski definition) is 7. The van der Waals surface area contributed by atoms with Gasteiger partial charge in [0, 0.05) is 35.7 Å². The van der Waals surface area contributed by atoms with Crippen LogP contribution in [0.2, 0.25) is 18.6 Å². The van der Waals surface area contributed by atoms with Gasteiger partial charge < -0.3 is 23.8 Å². The van der Waals surface area contributed by atoms with E-state index in [2.05, 4.69) is 5.10 Å². The second-order valence-electron chi connectivity index (χ2n) is 13.9. The number of ether oxygens (including phenoxy) is 1. The maximum atomic E-state index is 16.3. The first-order valence-corrected chi connectivity index (χ1v) is 19.5. The molecule has 0 unspecified atom stereocenters. The van der Waals surface area contributed by atoms with Gasteiger partial charge in [0.25, 0.3) is 17.2 Å². The van der Waals surface area contributed by atoms with Crippen molar-refractivity contribution in [3.05, 3.63) is 98.3 Å². The minimum Gasteiger partial charge on any atom is -0.394 e. The Bertz CT molecular complexity index is 2040. The summed E-state index contributed by atoms with van der Waals surface area (Å²) in [4.78, 5) is 56.1. The largest absolute Gasteiger partial charge is 0.394 e. The van der Waals surface area contributed by atoms with Crippen LogP contribution in [0.3, 0.4) is 0 Å². The Morgan fingerprint density at radius 3 is 2.63 bits per heavy atom. The molecule has 2 N–H and O–H groups in total. The summed E-state index contributed by atoms with van der Waals surface area (Å²) in [5, 5.41) is 25.4. The lowest BCUT2D eigenvalue weighted by molar-refractivity contribution is -0.385. The van der Waals surface area contributed by atoms with Gasteiger partial charge in [-0.1, -0.05) is 31.2 Å². The number of carbonyl (C=O) groups excluding carboxylic acids is 2. The number of H-pyrrole nitrogens is 1. The van der Waals surface area contributed by atoms with E-state index < -0.39 is 42.4 Å². The summed E-state index contributed by atoms with van der Waals surface area (Å²) in [6, 6.07) is 18.2. The molecule has 1 spiro atoms. The van der Waals surface area contributed by atoms with E-state index in [1.807, 2.05) is 18.2 Å². The summed E-state index contributed by atoms with van der Waals surface area (Å²) < 4.78 is 24.4. The number of aromatic amines is 1. The lowest BCUT2D eigenvalue weighted by Gasteiger charge is -2.31. The van der Waals surface area contributed by atoms with Crippen molar-refractivity contribution in [2.24, 2.45) is 5.92 Å². The lowest BCUT2D eigenvalue weighted by Crippen LogP contribution is -2.45. The molecule has 4 heterocycles. The molecule has 3 aliphatic heterocycles. The molecule has 3 aromatic carbocycles. The van der Waals surface area contributed by atoms with Gasteiger partial charge in [0.1, 0.15) is 0 Å². The first-order valence-electron chi connectivity index (χ1n) is 16.5. The van der Waals surface area contributed by atoms with Crippen LogP contribution in [-0.2, 0) is 26.5 Å². The Hall–Kier alpha value is -4.66. The number of carbonyl (C=O) groups is 2.